The van der Waals surface area contributed by atoms with Crippen LogP contribution in [-0.2, 0) is 0 Å². The van der Waals surface area contributed by atoms with Crippen LogP contribution >= 0.6 is 0 Å². The van der Waals surface area contributed by atoms with E-state index < -0.39 is 0 Å². The number of anilines is 2. The topological polar surface area (TPSA) is 120 Å². The summed E-state index contributed by atoms with van der Waals surface area (Å²) in [7, 11) is 0. The fourth-order valence-electron chi connectivity index (χ4n) is 4.11. The first-order valence-corrected chi connectivity index (χ1v) is 10.2. The number of carbonyl (C=O) groups excluding carboxylic acids is 1. The van der Waals surface area contributed by atoms with Gasteiger partial charge in [0.25, 0.3) is 5.91 Å². The van der Waals surface area contributed by atoms with Crippen molar-refractivity contribution in [3.8, 4) is 0 Å². The van der Waals surface area contributed by atoms with Gasteiger partial charge in [-0.1, -0.05) is 0 Å². The molecule has 10 heteroatoms. The smallest absolute Gasteiger partial charge is 0.274 e. The molecular formula is C20H21N9O. The van der Waals surface area contributed by atoms with Gasteiger partial charge in [0.1, 0.15) is 11.2 Å². The summed E-state index contributed by atoms with van der Waals surface area (Å²) in [5, 5.41) is 22.3. The molecule has 0 spiro atoms. The summed E-state index contributed by atoms with van der Waals surface area (Å²) in [6, 6.07) is 7.43. The molecule has 1 amide bonds. The highest BCUT2D eigenvalue weighted by atomic mass is 16.2. The van der Waals surface area contributed by atoms with Crippen LogP contribution in [0.4, 0.5) is 11.6 Å². The second-order valence-corrected chi connectivity index (χ2v) is 7.88. The normalized spacial score (nSPS) is 18.9. The minimum Gasteiger partial charge on any atom is -0.327 e. The van der Waals surface area contributed by atoms with Crippen LogP contribution in [0.3, 0.4) is 0 Å². The molecular weight excluding hydrogens is 382 g/mol. The predicted molar refractivity (Wildman–Crippen MR) is 108 cm³/mol. The molecule has 2 aliphatic rings. The first-order chi connectivity index (χ1) is 14.8. The maximum atomic E-state index is 12.9. The summed E-state index contributed by atoms with van der Waals surface area (Å²) in [6.45, 7) is 0.663. The number of amides is 1. The zero-order valence-corrected chi connectivity index (χ0v) is 16.2. The third kappa shape index (κ3) is 2.92. The minimum absolute atomic E-state index is 0.106. The van der Waals surface area contributed by atoms with Crippen LogP contribution in [-0.4, -0.2) is 52.3 Å². The van der Waals surface area contributed by atoms with Crippen LogP contribution in [0.5, 0.6) is 0 Å². The molecule has 0 bridgehead atoms. The highest BCUT2D eigenvalue weighted by Crippen LogP contribution is 2.40. The lowest BCUT2D eigenvalue weighted by atomic mass is 10.2. The molecule has 0 aromatic carbocycles. The SMILES string of the molecule is O=C(c1cc[nH]n1)N1CCC[C@H]1c1nc(Nc2cc(C3CC3)[nH]n2)c2cccn2n1. The molecule has 10 nitrogen and oxygen atoms in total. The van der Waals surface area contributed by atoms with Gasteiger partial charge in [0, 0.05) is 36.6 Å². The van der Waals surface area contributed by atoms with E-state index in [4.69, 9.17) is 10.1 Å². The number of aromatic amines is 2. The molecule has 1 saturated carbocycles. The number of hydrogen-bond acceptors (Lipinski definition) is 6. The van der Waals surface area contributed by atoms with Gasteiger partial charge in [-0.05, 0) is 43.9 Å². The van der Waals surface area contributed by atoms with Crippen LogP contribution in [0.25, 0.3) is 5.52 Å². The number of aromatic nitrogens is 7. The van der Waals surface area contributed by atoms with Gasteiger partial charge in [-0.2, -0.15) is 15.3 Å². The fraction of sp³-hybridized carbons (Fsp3) is 0.350. The molecule has 2 fully saturated rings. The van der Waals surface area contributed by atoms with E-state index in [2.05, 4.69) is 25.7 Å². The molecule has 3 N–H and O–H groups in total. The highest BCUT2D eigenvalue weighted by molar-refractivity contribution is 5.92. The van der Waals surface area contributed by atoms with Crippen LogP contribution in [0.15, 0.2) is 36.7 Å². The Kier molecular flexibility index (Phi) is 3.83. The van der Waals surface area contributed by atoms with Crippen molar-refractivity contribution >= 4 is 23.1 Å². The Bertz CT molecular complexity index is 1200. The van der Waals surface area contributed by atoms with Crippen LogP contribution in [0.2, 0.25) is 0 Å². The lowest BCUT2D eigenvalue weighted by Gasteiger charge is -2.23. The second kappa shape index (κ2) is 6.68. The van der Waals surface area contributed by atoms with E-state index in [9.17, 15) is 4.79 Å². The van der Waals surface area contributed by atoms with Crippen molar-refractivity contribution in [1.82, 2.24) is 39.9 Å². The summed E-state index contributed by atoms with van der Waals surface area (Å²) >= 11 is 0. The number of rotatable bonds is 5. The Labute approximate surface area is 171 Å². The highest BCUT2D eigenvalue weighted by Gasteiger charge is 2.34. The molecule has 4 aromatic heterocycles. The summed E-state index contributed by atoms with van der Waals surface area (Å²) in [5.41, 5.74) is 2.43. The van der Waals surface area contributed by atoms with E-state index in [0.29, 0.717) is 29.8 Å². The van der Waals surface area contributed by atoms with E-state index in [-0.39, 0.29) is 11.9 Å². The summed E-state index contributed by atoms with van der Waals surface area (Å²) in [5.74, 6) is 2.52. The number of carbonyl (C=O) groups is 1. The zero-order chi connectivity index (χ0) is 20.1. The lowest BCUT2D eigenvalue weighted by Crippen LogP contribution is -2.32. The van der Waals surface area contributed by atoms with E-state index >= 15 is 0 Å². The van der Waals surface area contributed by atoms with Crippen molar-refractivity contribution in [2.24, 2.45) is 0 Å². The van der Waals surface area contributed by atoms with E-state index in [1.54, 1.807) is 16.8 Å². The van der Waals surface area contributed by atoms with Crippen molar-refractivity contribution in [2.75, 3.05) is 11.9 Å². The van der Waals surface area contributed by atoms with Gasteiger partial charge in [0.15, 0.2) is 17.5 Å². The average molecular weight is 403 g/mol. The molecule has 1 atom stereocenters. The molecule has 1 aliphatic heterocycles. The summed E-state index contributed by atoms with van der Waals surface area (Å²) in [6.07, 6.45) is 7.69. The van der Waals surface area contributed by atoms with E-state index in [1.807, 2.05) is 29.3 Å². The third-order valence-corrected chi connectivity index (χ3v) is 5.80. The van der Waals surface area contributed by atoms with Gasteiger partial charge in [-0.3, -0.25) is 15.0 Å². The van der Waals surface area contributed by atoms with Crippen LogP contribution in [0, 0.1) is 0 Å². The van der Waals surface area contributed by atoms with Crippen LogP contribution in [0.1, 0.15) is 59.6 Å². The monoisotopic (exact) mass is 403 g/mol. The first-order valence-electron chi connectivity index (χ1n) is 10.2. The van der Waals surface area contributed by atoms with E-state index in [0.717, 1.165) is 29.9 Å². The first kappa shape index (κ1) is 17.2. The van der Waals surface area contributed by atoms with Crippen molar-refractivity contribution in [3.63, 3.8) is 0 Å². The number of fused-ring (bicyclic) bond motifs is 1. The van der Waals surface area contributed by atoms with Gasteiger partial charge < -0.3 is 10.2 Å². The van der Waals surface area contributed by atoms with E-state index in [1.165, 1.54) is 12.8 Å². The maximum Gasteiger partial charge on any atom is 0.274 e. The molecule has 5 heterocycles. The summed E-state index contributed by atoms with van der Waals surface area (Å²) in [4.78, 5) is 19.5. The van der Waals surface area contributed by atoms with Gasteiger partial charge in [0.2, 0.25) is 0 Å². The largest absolute Gasteiger partial charge is 0.327 e. The molecule has 152 valence electrons. The third-order valence-electron chi connectivity index (χ3n) is 5.80. The van der Waals surface area contributed by atoms with Crippen molar-refractivity contribution in [3.05, 3.63) is 53.9 Å². The lowest BCUT2D eigenvalue weighted by molar-refractivity contribution is 0.0723. The van der Waals surface area contributed by atoms with Gasteiger partial charge in [-0.15, -0.1) is 0 Å². The Balaban J connectivity index is 1.34. The molecule has 0 unspecified atom stereocenters. The zero-order valence-electron chi connectivity index (χ0n) is 16.2. The summed E-state index contributed by atoms with van der Waals surface area (Å²) < 4.78 is 1.80. The van der Waals surface area contributed by atoms with Gasteiger partial charge >= 0.3 is 0 Å². The van der Waals surface area contributed by atoms with Crippen molar-refractivity contribution in [1.29, 1.82) is 0 Å². The van der Waals surface area contributed by atoms with Gasteiger partial charge in [-0.25, -0.2) is 9.50 Å². The van der Waals surface area contributed by atoms with Gasteiger partial charge in [0.05, 0.1) is 6.04 Å². The Morgan fingerprint density at radius 3 is 2.97 bits per heavy atom. The van der Waals surface area contributed by atoms with Crippen molar-refractivity contribution in [2.45, 2.75) is 37.6 Å². The predicted octanol–water partition coefficient (Wildman–Crippen LogP) is 2.77. The number of nitrogens with one attached hydrogen (secondary N) is 3. The molecule has 0 radical (unpaired) electrons. The molecule has 1 aliphatic carbocycles. The standard InChI is InChI=1S/C20H21N9O/c30-20(13-7-8-21-24-13)28-9-1-3-15(28)19-23-18(16-4-2-10-29(16)27-19)22-17-11-14(25-26-17)12-5-6-12/h2,4,7-8,10-12,15H,1,3,5-6,9H2,(H,21,24)(H2,22,23,25,26,27)/t15-/m0/s1. The minimum atomic E-state index is -0.192. The number of nitrogens with zero attached hydrogens (tertiary/aromatic N) is 6. The molecule has 6 rings (SSSR count). The maximum absolute atomic E-state index is 12.9. The Morgan fingerprint density at radius 1 is 1.20 bits per heavy atom. The Hall–Kier alpha value is -3.69. The average Bonchev–Trinajstić information content (AvgIpc) is 3.28. The second-order valence-electron chi connectivity index (χ2n) is 7.88. The number of H-pyrrole nitrogens is 2. The number of likely N-dealkylation sites (tertiary alicyclic amines) is 1. The Morgan fingerprint density at radius 2 is 2.13 bits per heavy atom. The molecule has 30 heavy (non-hydrogen) atoms. The molecule has 1 saturated heterocycles. The molecule has 4 aromatic rings. The fourth-order valence-corrected chi connectivity index (χ4v) is 4.11. The quantitative estimate of drug-likeness (QED) is 0.471. The number of hydrogen-bond donors (Lipinski definition) is 3. The van der Waals surface area contributed by atoms with Crippen molar-refractivity contribution < 1.29 is 4.79 Å². The van der Waals surface area contributed by atoms with Crippen LogP contribution < -0.4 is 5.32 Å².